The van der Waals surface area contributed by atoms with Gasteiger partial charge in [-0.1, -0.05) is 84.4 Å². The van der Waals surface area contributed by atoms with Crippen molar-refractivity contribution in [1.82, 2.24) is 14.6 Å². The highest BCUT2D eigenvalue weighted by Crippen LogP contribution is 2.36. The lowest BCUT2D eigenvalue weighted by Crippen LogP contribution is -2.16. The summed E-state index contributed by atoms with van der Waals surface area (Å²) in [6, 6.07) is 28.8. The second kappa shape index (κ2) is 8.66. The molecule has 6 aromatic rings. The molecule has 0 saturated carbocycles. The Morgan fingerprint density at radius 1 is 0.886 bits per heavy atom. The molecule has 0 saturated heterocycles. The van der Waals surface area contributed by atoms with E-state index >= 15 is 0 Å². The number of fused-ring (bicyclic) bond motifs is 3. The molecule has 6 rings (SSSR count). The Balaban J connectivity index is 1.58. The molecule has 0 N–H and O–H groups in total. The largest absolute Gasteiger partial charge is 0.430 e. The summed E-state index contributed by atoms with van der Waals surface area (Å²) in [5.74, 6) is 0. The SMILES string of the molecule is O=c1c2oc3nc(-c4ccc(Cl)cc4)cc(-c4ccccc4)c3c2ncn1/N=C/c1ccccc1. The van der Waals surface area contributed by atoms with Gasteiger partial charge in [-0.05, 0) is 34.9 Å². The van der Waals surface area contributed by atoms with Crippen LogP contribution in [0.2, 0.25) is 5.02 Å². The van der Waals surface area contributed by atoms with Crippen LogP contribution in [0.4, 0.5) is 0 Å². The molecule has 0 aliphatic carbocycles. The van der Waals surface area contributed by atoms with Crippen LogP contribution in [0.15, 0.2) is 112 Å². The molecule has 35 heavy (non-hydrogen) atoms. The van der Waals surface area contributed by atoms with E-state index in [4.69, 9.17) is 21.0 Å². The van der Waals surface area contributed by atoms with Crippen LogP contribution in [0.25, 0.3) is 44.6 Å². The number of benzene rings is 3. The number of halogens is 1. The lowest BCUT2D eigenvalue weighted by molar-refractivity contribution is 0.637. The molecule has 0 atom stereocenters. The first-order chi connectivity index (χ1) is 17.2. The van der Waals surface area contributed by atoms with Crippen molar-refractivity contribution in [3.05, 3.63) is 118 Å². The molecule has 3 aromatic carbocycles. The van der Waals surface area contributed by atoms with Crippen molar-refractivity contribution in [2.24, 2.45) is 5.10 Å². The number of hydrogen-bond acceptors (Lipinski definition) is 5. The van der Waals surface area contributed by atoms with Gasteiger partial charge in [-0.2, -0.15) is 9.78 Å². The first-order valence-electron chi connectivity index (χ1n) is 10.9. The van der Waals surface area contributed by atoms with Gasteiger partial charge in [-0.3, -0.25) is 4.79 Å². The Kier molecular flexibility index (Phi) is 5.20. The van der Waals surface area contributed by atoms with E-state index in [0.717, 1.165) is 22.3 Å². The van der Waals surface area contributed by atoms with Crippen LogP contribution in [0.1, 0.15) is 5.56 Å². The van der Waals surface area contributed by atoms with Gasteiger partial charge in [0.05, 0.1) is 17.3 Å². The van der Waals surface area contributed by atoms with E-state index in [1.54, 1.807) is 6.21 Å². The summed E-state index contributed by atoms with van der Waals surface area (Å²) < 4.78 is 7.18. The molecule has 6 nitrogen and oxygen atoms in total. The minimum Gasteiger partial charge on any atom is -0.430 e. The first-order valence-corrected chi connectivity index (χ1v) is 11.3. The Morgan fingerprint density at radius 2 is 1.60 bits per heavy atom. The fourth-order valence-corrected chi connectivity index (χ4v) is 4.11. The summed E-state index contributed by atoms with van der Waals surface area (Å²) in [5.41, 5.74) is 4.76. The summed E-state index contributed by atoms with van der Waals surface area (Å²) in [7, 11) is 0. The third kappa shape index (κ3) is 3.90. The monoisotopic (exact) mass is 476 g/mol. The maximum absolute atomic E-state index is 13.2. The van der Waals surface area contributed by atoms with E-state index in [-0.39, 0.29) is 5.58 Å². The standard InChI is InChI=1S/C28H17ClN4O2/c29-21-13-11-20(12-14-21)23-15-22(19-9-5-2-6-10-19)24-25-26(35-27(24)32-23)28(34)33(17-30-25)31-16-18-7-3-1-4-8-18/h1-17H/b31-16+. The fourth-order valence-electron chi connectivity index (χ4n) is 3.98. The van der Waals surface area contributed by atoms with Gasteiger partial charge in [-0.15, -0.1) is 0 Å². The van der Waals surface area contributed by atoms with Crippen LogP contribution in [0.3, 0.4) is 0 Å². The molecule has 0 aliphatic heterocycles. The number of aromatic nitrogens is 3. The summed E-state index contributed by atoms with van der Waals surface area (Å²) in [6.07, 6.45) is 3.00. The van der Waals surface area contributed by atoms with Crippen LogP contribution in [0, 0.1) is 0 Å². The summed E-state index contributed by atoms with van der Waals surface area (Å²) in [5, 5.41) is 5.60. The van der Waals surface area contributed by atoms with Crippen LogP contribution in [-0.2, 0) is 0 Å². The predicted molar refractivity (Wildman–Crippen MR) is 139 cm³/mol. The molecule has 0 bridgehead atoms. The molecule has 0 amide bonds. The Morgan fingerprint density at radius 3 is 2.34 bits per heavy atom. The number of pyridine rings is 1. The number of hydrogen-bond donors (Lipinski definition) is 0. The first kappa shape index (κ1) is 21.0. The van der Waals surface area contributed by atoms with Gasteiger partial charge >= 0.3 is 5.56 Å². The zero-order valence-corrected chi connectivity index (χ0v) is 19.1. The quantitative estimate of drug-likeness (QED) is 0.276. The Hall–Kier alpha value is -4.55. The van der Waals surface area contributed by atoms with E-state index in [2.05, 4.69) is 10.1 Å². The predicted octanol–water partition coefficient (Wildman–Crippen LogP) is 6.41. The molecule has 7 heteroatoms. The van der Waals surface area contributed by atoms with Crippen LogP contribution >= 0.6 is 11.6 Å². The molecule has 0 spiro atoms. The van der Waals surface area contributed by atoms with E-state index in [0.29, 0.717) is 27.3 Å². The van der Waals surface area contributed by atoms with E-state index in [1.807, 2.05) is 91.0 Å². The average molecular weight is 477 g/mol. The molecule has 0 unspecified atom stereocenters. The maximum atomic E-state index is 13.2. The normalized spacial score (nSPS) is 11.6. The molecule has 3 heterocycles. The van der Waals surface area contributed by atoms with Gasteiger partial charge < -0.3 is 4.42 Å². The van der Waals surface area contributed by atoms with Crippen LogP contribution in [-0.4, -0.2) is 20.9 Å². The lowest BCUT2D eigenvalue weighted by Gasteiger charge is -2.07. The average Bonchev–Trinajstić information content (AvgIpc) is 3.29. The smallest absolute Gasteiger partial charge is 0.317 e. The highest BCUT2D eigenvalue weighted by Gasteiger charge is 2.20. The van der Waals surface area contributed by atoms with Crippen molar-refractivity contribution in [3.8, 4) is 22.4 Å². The van der Waals surface area contributed by atoms with Crippen LogP contribution < -0.4 is 5.56 Å². The van der Waals surface area contributed by atoms with E-state index < -0.39 is 5.56 Å². The highest BCUT2D eigenvalue weighted by molar-refractivity contribution is 6.30. The van der Waals surface area contributed by atoms with Crippen LogP contribution in [0.5, 0.6) is 0 Å². The van der Waals surface area contributed by atoms with Gasteiger partial charge in [0.1, 0.15) is 11.8 Å². The van der Waals surface area contributed by atoms with E-state index in [1.165, 1.54) is 11.0 Å². The molecule has 0 aliphatic rings. The third-order valence-corrected chi connectivity index (χ3v) is 5.94. The van der Waals surface area contributed by atoms with Crippen molar-refractivity contribution in [3.63, 3.8) is 0 Å². The van der Waals surface area contributed by atoms with Crippen molar-refractivity contribution < 1.29 is 4.42 Å². The van der Waals surface area contributed by atoms with Gasteiger partial charge in [0, 0.05) is 10.6 Å². The van der Waals surface area contributed by atoms with Crippen molar-refractivity contribution in [2.45, 2.75) is 0 Å². The van der Waals surface area contributed by atoms with E-state index in [9.17, 15) is 4.79 Å². The topological polar surface area (TPSA) is 73.3 Å². The maximum Gasteiger partial charge on any atom is 0.317 e. The summed E-state index contributed by atoms with van der Waals surface area (Å²) in [6.45, 7) is 0. The van der Waals surface area contributed by atoms with Gasteiger partial charge in [0.15, 0.2) is 0 Å². The number of nitrogens with zero attached hydrogens (tertiary/aromatic N) is 4. The molecule has 0 fully saturated rings. The minimum atomic E-state index is -0.410. The van der Waals surface area contributed by atoms with Crippen molar-refractivity contribution in [2.75, 3.05) is 0 Å². The molecule has 168 valence electrons. The van der Waals surface area contributed by atoms with Crippen molar-refractivity contribution >= 4 is 40.0 Å². The minimum absolute atomic E-state index is 0.102. The van der Waals surface area contributed by atoms with Gasteiger partial charge in [0.2, 0.25) is 11.3 Å². The fraction of sp³-hybridized carbons (Fsp3) is 0. The van der Waals surface area contributed by atoms with Gasteiger partial charge in [0.25, 0.3) is 0 Å². The number of rotatable bonds is 4. The molecular weight excluding hydrogens is 460 g/mol. The Bertz CT molecular complexity index is 1760. The molecule has 3 aromatic heterocycles. The summed E-state index contributed by atoms with van der Waals surface area (Å²) in [4.78, 5) is 22.5. The molecule has 0 radical (unpaired) electrons. The molecular formula is C28H17ClN4O2. The number of furan rings is 1. The van der Waals surface area contributed by atoms with Gasteiger partial charge in [-0.25, -0.2) is 9.97 Å². The zero-order chi connectivity index (χ0) is 23.8. The zero-order valence-electron chi connectivity index (χ0n) is 18.3. The second-order valence-electron chi connectivity index (χ2n) is 7.94. The second-order valence-corrected chi connectivity index (χ2v) is 8.37. The Labute approximate surface area is 204 Å². The lowest BCUT2D eigenvalue weighted by atomic mass is 10.00. The summed E-state index contributed by atoms with van der Waals surface area (Å²) >= 11 is 6.08. The van der Waals surface area contributed by atoms with Crippen molar-refractivity contribution in [1.29, 1.82) is 0 Å². The third-order valence-electron chi connectivity index (χ3n) is 5.69. The highest BCUT2D eigenvalue weighted by atomic mass is 35.5.